The molecule has 31 heavy (non-hydrogen) atoms. The van der Waals surface area contributed by atoms with Crippen molar-refractivity contribution in [1.82, 2.24) is 9.78 Å². The van der Waals surface area contributed by atoms with Crippen LogP contribution < -0.4 is 10.0 Å². The molecule has 2 N–H and O–H groups in total. The zero-order valence-corrected chi connectivity index (χ0v) is 18.0. The second-order valence-corrected chi connectivity index (χ2v) is 10.5. The predicted octanol–water partition coefficient (Wildman–Crippen LogP) is 4.40. The lowest BCUT2D eigenvalue weighted by Crippen LogP contribution is -2.19. The van der Waals surface area contributed by atoms with Crippen LogP contribution in [0.3, 0.4) is 0 Å². The number of rotatable bonds is 7. The molecular formula is C21H20ClFN4O3S. The Kier molecular flexibility index (Phi) is 4.90. The fourth-order valence-electron chi connectivity index (χ4n) is 3.50. The van der Waals surface area contributed by atoms with E-state index in [4.69, 9.17) is 11.6 Å². The highest BCUT2D eigenvalue weighted by Gasteiger charge is 2.36. The number of fused-ring (bicyclic) bond motifs is 1. The minimum Gasteiger partial charge on any atom is -0.321 e. The summed E-state index contributed by atoms with van der Waals surface area (Å²) in [6.07, 6.45) is 3.51. The Hall–Kier alpha value is -2.65. The summed E-state index contributed by atoms with van der Waals surface area (Å²) in [5, 5.41) is 7.52. The molecule has 162 valence electrons. The molecule has 1 heterocycles. The third-order valence-electron chi connectivity index (χ3n) is 5.48. The number of nitrogens with one attached hydrogen (secondary N) is 2. The van der Waals surface area contributed by atoms with Gasteiger partial charge in [0.05, 0.1) is 21.5 Å². The lowest BCUT2D eigenvalue weighted by atomic mass is 10.1. The van der Waals surface area contributed by atoms with Crippen molar-refractivity contribution in [2.75, 3.05) is 10.0 Å². The Morgan fingerprint density at radius 2 is 1.87 bits per heavy atom. The minimum absolute atomic E-state index is 0.0817. The second-order valence-electron chi connectivity index (χ2n) is 8.14. The number of sulfonamides is 1. The maximum Gasteiger partial charge on any atom is 0.274 e. The van der Waals surface area contributed by atoms with E-state index in [2.05, 4.69) is 15.1 Å². The van der Waals surface area contributed by atoms with Crippen molar-refractivity contribution in [2.24, 2.45) is 5.92 Å². The minimum atomic E-state index is -3.39. The molecule has 1 aromatic heterocycles. The lowest BCUT2D eigenvalue weighted by Gasteiger charge is -2.09. The average Bonchev–Trinajstić information content (AvgIpc) is 3.61. The second kappa shape index (κ2) is 7.49. The van der Waals surface area contributed by atoms with Crippen LogP contribution in [0.5, 0.6) is 0 Å². The van der Waals surface area contributed by atoms with Gasteiger partial charge in [-0.25, -0.2) is 12.8 Å². The number of amides is 1. The number of carbonyl (C=O) groups is 1. The molecule has 0 saturated heterocycles. The van der Waals surface area contributed by atoms with E-state index in [9.17, 15) is 17.6 Å². The molecule has 2 aromatic carbocycles. The summed E-state index contributed by atoms with van der Waals surface area (Å²) >= 11 is 5.82. The summed E-state index contributed by atoms with van der Waals surface area (Å²) in [6.45, 7) is 0.602. The van der Waals surface area contributed by atoms with Crippen molar-refractivity contribution >= 4 is 49.8 Å². The standard InChI is InChI=1S/C21H20ClFN4O3S/c22-17-9-13(4-8-18(17)23)24-21(28)20-16-7-3-14(26-31(29,30)15-5-6-15)10-19(16)25-27(20)11-12-1-2-12/h3-4,7-10,12,15,26H,1-2,5-6,11H2,(H,24,28). The summed E-state index contributed by atoms with van der Waals surface area (Å²) in [7, 11) is -3.39. The van der Waals surface area contributed by atoms with Crippen LogP contribution in [0.4, 0.5) is 15.8 Å². The molecule has 5 rings (SSSR count). The first-order valence-corrected chi connectivity index (χ1v) is 12.0. The van der Waals surface area contributed by atoms with E-state index in [1.807, 2.05) is 0 Å². The molecule has 7 nitrogen and oxygen atoms in total. The SMILES string of the molecule is O=C(Nc1ccc(F)c(Cl)c1)c1c2ccc(NS(=O)(=O)C3CC3)cc2nn1CC1CC1. The number of anilines is 2. The van der Waals surface area contributed by atoms with E-state index >= 15 is 0 Å². The van der Waals surface area contributed by atoms with Gasteiger partial charge >= 0.3 is 0 Å². The van der Waals surface area contributed by atoms with Crippen molar-refractivity contribution in [3.63, 3.8) is 0 Å². The molecular weight excluding hydrogens is 443 g/mol. The van der Waals surface area contributed by atoms with E-state index in [0.717, 1.165) is 12.8 Å². The molecule has 10 heteroatoms. The average molecular weight is 463 g/mol. The molecule has 3 aromatic rings. The molecule has 2 saturated carbocycles. The molecule has 2 fully saturated rings. The third kappa shape index (κ3) is 4.24. The van der Waals surface area contributed by atoms with Crippen LogP contribution in [0.25, 0.3) is 10.9 Å². The largest absolute Gasteiger partial charge is 0.321 e. The van der Waals surface area contributed by atoms with E-state index < -0.39 is 21.7 Å². The first-order valence-electron chi connectivity index (χ1n) is 10.1. The summed E-state index contributed by atoms with van der Waals surface area (Å²) in [5.41, 5.74) is 1.70. The summed E-state index contributed by atoms with van der Waals surface area (Å²) < 4.78 is 42.2. The highest BCUT2D eigenvalue weighted by Crippen LogP contribution is 2.34. The van der Waals surface area contributed by atoms with E-state index in [1.165, 1.54) is 18.2 Å². The Balaban J connectivity index is 1.48. The van der Waals surface area contributed by atoms with Gasteiger partial charge in [0.15, 0.2) is 0 Å². The molecule has 0 unspecified atom stereocenters. The van der Waals surface area contributed by atoms with Gasteiger partial charge in [0.1, 0.15) is 11.5 Å². The zero-order valence-electron chi connectivity index (χ0n) is 16.4. The van der Waals surface area contributed by atoms with Crippen LogP contribution in [0.1, 0.15) is 36.2 Å². The van der Waals surface area contributed by atoms with Crippen LogP contribution in [-0.4, -0.2) is 29.4 Å². The van der Waals surface area contributed by atoms with Gasteiger partial charge in [-0.2, -0.15) is 5.10 Å². The Bertz CT molecular complexity index is 1300. The fraction of sp³-hybridized carbons (Fsp3) is 0.333. The molecule has 0 radical (unpaired) electrons. The highest BCUT2D eigenvalue weighted by atomic mass is 35.5. The highest BCUT2D eigenvalue weighted by molar-refractivity contribution is 7.93. The number of aromatic nitrogens is 2. The van der Waals surface area contributed by atoms with Gasteiger partial charge in [0.25, 0.3) is 5.91 Å². The van der Waals surface area contributed by atoms with Gasteiger partial charge in [0, 0.05) is 17.6 Å². The van der Waals surface area contributed by atoms with Gasteiger partial charge in [-0.05, 0) is 68.0 Å². The first-order chi connectivity index (χ1) is 14.8. The molecule has 0 atom stereocenters. The monoisotopic (exact) mass is 462 g/mol. The van der Waals surface area contributed by atoms with Gasteiger partial charge in [0.2, 0.25) is 10.0 Å². The van der Waals surface area contributed by atoms with Crippen molar-refractivity contribution in [3.05, 3.63) is 52.9 Å². The number of carbonyl (C=O) groups excluding carboxylic acids is 1. The third-order valence-corrected chi connectivity index (χ3v) is 7.64. The van der Waals surface area contributed by atoms with Gasteiger partial charge in [-0.15, -0.1) is 0 Å². The molecule has 2 aliphatic rings. The Labute approximate surface area is 183 Å². The maximum absolute atomic E-state index is 13.4. The Morgan fingerprint density at radius 3 is 2.55 bits per heavy atom. The van der Waals surface area contributed by atoms with E-state index in [-0.39, 0.29) is 10.3 Å². The summed E-state index contributed by atoms with van der Waals surface area (Å²) in [4.78, 5) is 13.1. The number of nitrogens with zero attached hydrogens (tertiary/aromatic N) is 2. The van der Waals surface area contributed by atoms with Crippen LogP contribution in [0.15, 0.2) is 36.4 Å². The maximum atomic E-state index is 13.4. The van der Waals surface area contributed by atoms with Crippen molar-refractivity contribution in [1.29, 1.82) is 0 Å². The normalized spacial score (nSPS) is 16.5. The quantitative estimate of drug-likeness (QED) is 0.544. The van der Waals surface area contributed by atoms with Crippen LogP contribution in [-0.2, 0) is 16.6 Å². The van der Waals surface area contributed by atoms with Gasteiger partial charge < -0.3 is 5.32 Å². The van der Waals surface area contributed by atoms with Crippen LogP contribution in [0, 0.1) is 11.7 Å². The lowest BCUT2D eigenvalue weighted by molar-refractivity contribution is 0.101. The van der Waals surface area contributed by atoms with E-state index in [0.29, 0.717) is 53.3 Å². The number of hydrogen-bond donors (Lipinski definition) is 2. The van der Waals surface area contributed by atoms with Crippen LogP contribution >= 0.6 is 11.6 Å². The number of hydrogen-bond acceptors (Lipinski definition) is 4. The number of benzene rings is 2. The molecule has 0 spiro atoms. The van der Waals surface area contributed by atoms with Crippen molar-refractivity contribution in [3.8, 4) is 0 Å². The Morgan fingerprint density at radius 1 is 1.13 bits per heavy atom. The fourth-order valence-corrected chi connectivity index (χ4v) is 5.06. The van der Waals surface area contributed by atoms with Crippen molar-refractivity contribution in [2.45, 2.75) is 37.5 Å². The molecule has 2 aliphatic carbocycles. The first kappa shape index (κ1) is 20.3. The zero-order chi connectivity index (χ0) is 21.8. The molecule has 1 amide bonds. The predicted molar refractivity (Wildman–Crippen MR) is 117 cm³/mol. The summed E-state index contributed by atoms with van der Waals surface area (Å²) in [5.74, 6) is -0.490. The smallest absolute Gasteiger partial charge is 0.274 e. The van der Waals surface area contributed by atoms with Gasteiger partial charge in [-0.1, -0.05) is 11.6 Å². The van der Waals surface area contributed by atoms with Gasteiger partial charge in [-0.3, -0.25) is 14.2 Å². The summed E-state index contributed by atoms with van der Waals surface area (Å²) in [6, 6.07) is 8.96. The molecule has 0 aliphatic heterocycles. The van der Waals surface area contributed by atoms with Crippen LogP contribution in [0.2, 0.25) is 5.02 Å². The molecule has 0 bridgehead atoms. The topological polar surface area (TPSA) is 93.1 Å². The number of halogens is 2. The van der Waals surface area contributed by atoms with Crippen molar-refractivity contribution < 1.29 is 17.6 Å². The van der Waals surface area contributed by atoms with E-state index in [1.54, 1.807) is 22.9 Å².